The van der Waals surface area contributed by atoms with Crippen molar-refractivity contribution in [1.82, 2.24) is 5.32 Å². The molecule has 0 saturated heterocycles. The van der Waals surface area contributed by atoms with E-state index in [-0.39, 0.29) is 5.56 Å². The first-order valence-electron chi connectivity index (χ1n) is 5.03. The van der Waals surface area contributed by atoms with Crippen molar-refractivity contribution in [2.45, 2.75) is 6.92 Å². The molecule has 0 fully saturated rings. The summed E-state index contributed by atoms with van der Waals surface area (Å²) in [4.78, 5) is 33.0. The molecule has 0 atom stereocenters. The molecule has 96 valence electrons. The number of hydrogen-bond donors (Lipinski definition) is 3. The molecule has 1 aromatic carbocycles. The van der Waals surface area contributed by atoms with Crippen molar-refractivity contribution in [3.05, 3.63) is 29.3 Å². The number of nitrogen functional groups attached to an aromatic ring is 1. The summed E-state index contributed by atoms with van der Waals surface area (Å²) in [6.07, 6.45) is 0. The Kier molecular flexibility index (Phi) is 4.25. The van der Waals surface area contributed by atoms with Crippen LogP contribution in [0.1, 0.15) is 15.9 Å². The van der Waals surface area contributed by atoms with Gasteiger partial charge < -0.3 is 16.2 Å². The van der Waals surface area contributed by atoms with Gasteiger partial charge in [-0.25, -0.2) is 9.59 Å². The number of nitrogens with two attached hydrogens (primary N) is 2. The lowest BCUT2D eigenvalue weighted by molar-refractivity contribution is -0.123. The van der Waals surface area contributed by atoms with Crippen LogP contribution in [0, 0.1) is 6.92 Å². The molecule has 0 radical (unpaired) electrons. The Labute approximate surface area is 103 Å². The standard InChI is InChI=1S/C11H13N3O4/c1-6-7(3-2-4-8(6)12)10(16)18-5-9(15)14-11(13)17/h2-4H,5,12H2,1H3,(H3,13,14,15,17). The topological polar surface area (TPSA) is 125 Å². The van der Waals surface area contributed by atoms with Crippen molar-refractivity contribution < 1.29 is 19.1 Å². The van der Waals surface area contributed by atoms with Crippen LogP contribution in [0.15, 0.2) is 18.2 Å². The molecule has 0 aliphatic heterocycles. The maximum Gasteiger partial charge on any atom is 0.338 e. The van der Waals surface area contributed by atoms with Gasteiger partial charge in [0.2, 0.25) is 0 Å². The summed E-state index contributed by atoms with van der Waals surface area (Å²) in [5.74, 6) is -1.49. The van der Waals surface area contributed by atoms with Gasteiger partial charge in [0.25, 0.3) is 5.91 Å². The molecule has 0 bridgehead atoms. The van der Waals surface area contributed by atoms with E-state index in [0.29, 0.717) is 11.3 Å². The molecule has 0 unspecified atom stereocenters. The van der Waals surface area contributed by atoms with E-state index < -0.39 is 24.5 Å². The van der Waals surface area contributed by atoms with Gasteiger partial charge in [0.15, 0.2) is 6.61 Å². The molecule has 1 rings (SSSR count). The van der Waals surface area contributed by atoms with Crippen molar-refractivity contribution in [3.63, 3.8) is 0 Å². The van der Waals surface area contributed by atoms with E-state index in [0.717, 1.165) is 0 Å². The Bertz CT molecular complexity index is 499. The van der Waals surface area contributed by atoms with E-state index in [4.69, 9.17) is 16.2 Å². The van der Waals surface area contributed by atoms with Gasteiger partial charge >= 0.3 is 12.0 Å². The second-order valence-electron chi connectivity index (χ2n) is 3.51. The molecule has 1 aromatic rings. The number of imide groups is 1. The molecule has 0 heterocycles. The van der Waals surface area contributed by atoms with Crippen LogP contribution in [0.25, 0.3) is 0 Å². The molecular weight excluding hydrogens is 238 g/mol. The molecule has 0 aromatic heterocycles. The zero-order chi connectivity index (χ0) is 13.7. The molecule has 18 heavy (non-hydrogen) atoms. The summed E-state index contributed by atoms with van der Waals surface area (Å²) in [5.41, 5.74) is 11.6. The summed E-state index contributed by atoms with van der Waals surface area (Å²) < 4.78 is 4.71. The average Bonchev–Trinajstić information content (AvgIpc) is 2.29. The summed E-state index contributed by atoms with van der Waals surface area (Å²) in [5, 5.41) is 1.77. The fourth-order valence-electron chi connectivity index (χ4n) is 1.26. The van der Waals surface area contributed by atoms with Crippen LogP contribution in [0.3, 0.4) is 0 Å². The van der Waals surface area contributed by atoms with Crippen LogP contribution >= 0.6 is 0 Å². The fraction of sp³-hybridized carbons (Fsp3) is 0.182. The highest BCUT2D eigenvalue weighted by Gasteiger charge is 2.14. The number of amides is 3. The number of nitrogens with one attached hydrogen (secondary N) is 1. The van der Waals surface area contributed by atoms with Gasteiger partial charge in [-0.1, -0.05) is 6.07 Å². The fourth-order valence-corrected chi connectivity index (χ4v) is 1.26. The smallest absolute Gasteiger partial charge is 0.338 e. The Hall–Kier alpha value is -2.57. The monoisotopic (exact) mass is 251 g/mol. The van der Waals surface area contributed by atoms with Crippen LogP contribution in [-0.4, -0.2) is 24.5 Å². The maximum absolute atomic E-state index is 11.6. The SMILES string of the molecule is Cc1c(N)cccc1C(=O)OCC(=O)NC(N)=O. The third-order valence-electron chi connectivity index (χ3n) is 2.19. The Balaban J connectivity index is 2.64. The third kappa shape index (κ3) is 3.48. The Morgan fingerprint density at radius 2 is 2.00 bits per heavy atom. The predicted molar refractivity (Wildman–Crippen MR) is 63.6 cm³/mol. The van der Waals surface area contributed by atoms with E-state index in [1.165, 1.54) is 6.07 Å². The van der Waals surface area contributed by atoms with Gasteiger partial charge in [-0.05, 0) is 24.6 Å². The number of rotatable bonds is 3. The lowest BCUT2D eigenvalue weighted by Crippen LogP contribution is -2.37. The van der Waals surface area contributed by atoms with Crippen molar-refractivity contribution in [2.24, 2.45) is 5.73 Å². The number of primary amides is 1. The molecule has 0 aliphatic rings. The minimum Gasteiger partial charge on any atom is -0.452 e. The predicted octanol–water partition coefficient (Wildman–Crippen LogP) is -0.0711. The minimum atomic E-state index is -1.00. The highest BCUT2D eigenvalue weighted by atomic mass is 16.5. The number of ether oxygens (including phenoxy) is 1. The van der Waals surface area contributed by atoms with Gasteiger partial charge in [0.05, 0.1) is 5.56 Å². The first-order chi connectivity index (χ1) is 8.41. The lowest BCUT2D eigenvalue weighted by Gasteiger charge is -2.08. The highest BCUT2D eigenvalue weighted by molar-refractivity contribution is 5.97. The first kappa shape index (κ1) is 13.5. The van der Waals surface area contributed by atoms with Crippen LogP contribution in [-0.2, 0) is 9.53 Å². The quantitative estimate of drug-likeness (QED) is 0.512. The van der Waals surface area contributed by atoms with Gasteiger partial charge in [-0.15, -0.1) is 0 Å². The number of carbonyl (C=O) groups is 3. The number of carbonyl (C=O) groups excluding carboxylic acids is 3. The van der Waals surface area contributed by atoms with Gasteiger partial charge in [0, 0.05) is 5.69 Å². The van der Waals surface area contributed by atoms with Crippen LogP contribution < -0.4 is 16.8 Å². The number of anilines is 1. The van der Waals surface area contributed by atoms with Crippen molar-refractivity contribution in [1.29, 1.82) is 0 Å². The van der Waals surface area contributed by atoms with E-state index in [9.17, 15) is 14.4 Å². The number of benzene rings is 1. The molecule has 0 spiro atoms. The lowest BCUT2D eigenvalue weighted by atomic mass is 10.1. The number of urea groups is 1. The van der Waals surface area contributed by atoms with E-state index >= 15 is 0 Å². The summed E-state index contributed by atoms with van der Waals surface area (Å²) in [6.45, 7) is 1.07. The van der Waals surface area contributed by atoms with Gasteiger partial charge in [-0.2, -0.15) is 0 Å². The molecule has 5 N–H and O–H groups in total. The first-order valence-corrected chi connectivity index (χ1v) is 5.03. The Morgan fingerprint density at radius 1 is 1.33 bits per heavy atom. The zero-order valence-corrected chi connectivity index (χ0v) is 9.73. The van der Waals surface area contributed by atoms with Crippen molar-refractivity contribution in [2.75, 3.05) is 12.3 Å². The number of esters is 1. The van der Waals surface area contributed by atoms with Gasteiger partial charge in [-0.3, -0.25) is 10.1 Å². The second-order valence-corrected chi connectivity index (χ2v) is 3.51. The van der Waals surface area contributed by atoms with Crippen molar-refractivity contribution >= 4 is 23.6 Å². The average molecular weight is 251 g/mol. The summed E-state index contributed by atoms with van der Waals surface area (Å²) in [6, 6.07) is 3.77. The summed E-state index contributed by atoms with van der Waals surface area (Å²) in [7, 11) is 0. The maximum atomic E-state index is 11.6. The van der Waals surface area contributed by atoms with Crippen LogP contribution in [0.5, 0.6) is 0 Å². The minimum absolute atomic E-state index is 0.266. The van der Waals surface area contributed by atoms with Crippen LogP contribution in [0.4, 0.5) is 10.5 Å². The van der Waals surface area contributed by atoms with Gasteiger partial charge in [0.1, 0.15) is 0 Å². The molecule has 0 saturated carbocycles. The highest BCUT2D eigenvalue weighted by Crippen LogP contribution is 2.16. The third-order valence-corrected chi connectivity index (χ3v) is 2.19. The molecule has 3 amide bonds. The van der Waals surface area contributed by atoms with Crippen molar-refractivity contribution in [3.8, 4) is 0 Å². The molecule has 0 aliphatic carbocycles. The normalized spacial score (nSPS) is 9.61. The largest absolute Gasteiger partial charge is 0.452 e. The molecular formula is C11H13N3O4. The Morgan fingerprint density at radius 3 is 2.61 bits per heavy atom. The summed E-state index contributed by atoms with van der Waals surface area (Å²) >= 11 is 0. The van der Waals surface area contributed by atoms with Crippen LogP contribution in [0.2, 0.25) is 0 Å². The molecule has 7 heteroatoms. The van der Waals surface area contributed by atoms with E-state index in [1.807, 2.05) is 0 Å². The molecule has 7 nitrogen and oxygen atoms in total. The second kappa shape index (κ2) is 5.67. The zero-order valence-electron chi connectivity index (χ0n) is 9.73. The number of hydrogen-bond acceptors (Lipinski definition) is 5. The van der Waals surface area contributed by atoms with E-state index in [1.54, 1.807) is 24.4 Å². The van der Waals surface area contributed by atoms with E-state index in [2.05, 4.69) is 0 Å².